The van der Waals surface area contributed by atoms with Crippen LogP contribution < -0.4 is 20.7 Å². The highest BCUT2D eigenvalue weighted by atomic mass is 16.5. The maximum absolute atomic E-state index is 6.36. The number of anilines is 4. The summed E-state index contributed by atoms with van der Waals surface area (Å²) >= 11 is 0. The number of hydrogen-bond acceptors (Lipinski definition) is 6. The van der Waals surface area contributed by atoms with Gasteiger partial charge in [0.05, 0.1) is 6.61 Å². The number of benzene rings is 1. The summed E-state index contributed by atoms with van der Waals surface area (Å²) in [5.41, 5.74) is 11.7. The van der Waals surface area contributed by atoms with Gasteiger partial charge in [0.25, 0.3) is 0 Å². The Hall–Kier alpha value is -3.54. The third kappa shape index (κ3) is 7.00. The molecule has 0 aliphatic heterocycles. The van der Waals surface area contributed by atoms with Gasteiger partial charge in [0.2, 0.25) is 0 Å². The lowest BCUT2D eigenvalue weighted by Gasteiger charge is -2.24. The largest absolute Gasteiger partial charge is 0.493 e. The molecule has 0 fully saturated rings. The second kappa shape index (κ2) is 13.0. The molecule has 190 valence electrons. The lowest BCUT2D eigenvalue weighted by Crippen LogP contribution is -2.26. The van der Waals surface area contributed by atoms with Crippen molar-refractivity contribution in [1.82, 2.24) is 9.97 Å². The molecular weight excluding hydrogens is 446 g/mol. The van der Waals surface area contributed by atoms with Gasteiger partial charge in [-0.2, -0.15) is 0 Å². The van der Waals surface area contributed by atoms with Gasteiger partial charge in [-0.05, 0) is 74.4 Å². The first-order valence-corrected chi connectivity index (χ1v) is 13.3. The quantitative estimate of drug-likeness (QED) is 0.269. The lowest BCUT2D eigenvalue weighted by atomic mass is 9.92. The van der Waals surface area contributed by atoms with E-state index in [0.717, 1.165) is 85.2 Å². The molecule has 0 atom stereocenters. The van der Waals surface area contributed by atoms with Crippen molar-refractivity contribution in [1.29, 1.82) is 0 Å². The molecule has 6 heteroatoms. The molecule has 2 aromatic heterocycles. The van der Waals surface area contributed by atoms with E-state index in [1.54, 1.807) is 0 Å². The van der Waals surface area contributed by atoms with Gasteiger partial charge in [0.1, 0.15) is 17.4 Å². The molecule has 3 aromatic rings. The maximum atomic E-state index is 6.36. The Kier molecular flexibility index (Phi) is 9.20. The summed E-state index contributed by atoms with van der Waals surface area (Å²) in [4.78, 5) is 11.7. The van der Waals surface area contributed by atoms with Crippen LogP contribution >= 0.6 is 0 Å². The van der Waals surface area contributed by atoms with Crippen molar-refractivity contribution in [2.45, 2.75) is 58.8 Å². The average Bonchev–Trinajstić information content (AvgIpc) is 2.91. The number of aromatic nitrogens is 2. The van der Waals surface area contributed by atoms with Gasteiger partial charge in [-0.15, -0.1) is 0 Å². The SMILES string of the molecule is CCCN(CCC)c1cc(OCCc2ccccn2)cc(Nc2ccc(N)c(C3=CCCCC3)c2)n1. The molecule has 6 nitrogen and oxygen atoms in total. The molecule has 0 amide bonds. The van der Waals surface area contributed by atoms with Crippen LogP contribution in [-0.4, -0.2) is 29.7 Å². The first-order chi connectivity index (χ1) is 17.7. The summed E-state index contributed by atoms with van der Waals surface area (Å²) in [6.45, 7) is 6.87. The number of nitrogens with one attached hydrogen (secondary N) is 1. The number of nitrogen functional groups attached to an aromatic ring is 1. The van der Waals surface area contributed by atoms with Crippen LogP contribution in [-0.2, 0) is 6.42 Å². The molecule has 0 bridgehead atoms. The zero-order valence-corrected chi connectivity index (χ0v) is 21.7. The Morgan fingerprint density at radius 3 is 2.61 bits per heavy atom. The fraction of sp³-hybridized carbons (Fsp3) is 0.400. The Morgan fingerprint density at radius 2 is 1.89 bits per heavy atom. The molecular formula is C30H39N5O. The fourth-order valence-electron chi connectivity index (χ4n) is 4.64. The van der Waals surface area contributed by atoms with Crippen LogP contribution in [0, 0.1) is 0 Å². The number of hydrogen-bond donors (Lipinski definition) is 2. The van der Waals surface area contributed by atoms with Crippen LogP contribution in [0.3, 0.4) is 0 Å². The molecule has 0 spiro atoms. The summed E-state index contributed by atoms with van der Waals surface area (Å²) in [5, 5.41) is 3.53. The molecule has 0 unspecified atom stereocenters. The van der Waals surface area contributed by atoms with Gasteiger partial charge in [0, 0.05) is 60.5 Å². The minimum absolute atomic E-state index is 0.557. The summed E-state index contributed by atoms with van der Waals surface area (Å²) in [7, 11) is 0. The molecule has 0 saturated heterocycles. The highest BCUT2D eigenvalue weighted by Gasteiger charge is 2.13. The number of rotatable bonds is 12. The van der Waals surface area contributed by atoms with Gasteiger partial charge in [-0.25, -0.2) is 4.98 Å². The number of pyridine rings is 2. The van der Waals surface area contributed by atoms with Crippen molar-refractivity contribution < 1.29 is 4.74 Å². The van der Waals surface area contributed by atoms with Crippen molar-refractivity contribution in [2.24, 2.45) is 0 Å². The Bertz CT molecular complexity index is 1140. The minimum atomic E-state index is 0.557. The fourth-order valence-corrected chi connectivity index (χ4v) is 4.64. The number of ether oxygens (including phenoxy) is 1. The first kappa shape index (κ1) is 25.5. The predicted octanol–water partition coefficient (Wildman–Crippen LogP) is 7.01. The Labute approximate surface area is 215 Å². The third-order valence-electron chi connectivity index (χ3n) is 6.41. The van der Waals surface area contributed by atoms with E-state index < -0.39 is 0 Å². The standard InChI is InChI=1S/C30H39N5O/c1-3-17-35(18-4-2)30-22-26(36-19-15-24-12-8-9-16-32-24)21-29(34-30)33-25-13-14-28(31)27(20-25)23-10-6-5-7-11-23/h8-10,12-14,16,20-22H,3-7,11,15,17-19,31H2,1-2H3,(H,33,34). The molecule has 1 aromatic carbocycles. The average molecular weight is 486 g/mol. The molecule has 0 saturated carbocycles. The Morgan fingerprint density at radius 1 is 1.03 bits per heavy atom. The molecule has 36 heavy (non-hydrogen) atoms. The molecule has 4 rings (SSSR count). The summed E-state index contributed by atoms with van der Waals surface area (Å²) in [6, 6.07) is 16.2. The first-order valence-electron chi connectivity index (χ1n) is 13.3. The van der Waals surface area contributed by atoms with Crippen LogP contribution in [0.4, 0.5) is 23.0 Å². The van der Waals surface area contributed by atoms with Crippen LogP contribution in [0.2, 0.25) is 0 Å². The monoisotopic (exact) mass is 485 g/mol. The number of allylic oxidation sites excluding steroid dienone is 2. The molecule has 2 heterocycles. The van der Waals surface area contributed by atoms with E-state index in [1.807, 2.05) is 42.6 Å². The molecule has 1 aliphatic carbocycles. The summed E-state index contributed by atoms with van der Waals surface area (Å²) in [5.74, 6) is 2.51. The van der Waals surface area contributed by atoms with Gasteiger partial charge < -0.3 is 20.7 Å². The number of nitrogens with two attached hydrogens (primary N) is 1. The van der Waals surface area contributed by atoms with Gasteiger partial charge >= 0.3 is 0 Å². The van der Waals surface area contributed by atoms with Crippen molar-refractivity contribution in [2.75, 3.05) is 35.6 Å². The van der Waals surface area contributed by atoms with Crippen LogP contribution in [0.1, 0.15) is 63.6 Å². The van der Waals surface area contributed by atoms with E-state index in [1.165, 1.54) is 18.4 Å². The predicted molar refractivity (Wildman–Crippen MR) is 151 cm³/mol. The van der Waals surface area contributed by atoms with Crippen LogP contribution in [0.25, 0.3) is 5.57 Å². The lowest BCUT2D eigenvalue weighted by molar-refractivity contribution is 0.320. The second-order valence-electron chi connectivity index (χ2n) is 9.36. The summed E-state index contributed by atoms with van der Waals surface area (Å²) in [6.07, 6.45) is 11.7. The Balaban J connectivity index is 1.58. The van der Waals surface area contributed by atoms with Gasteiger partial charge in [-0.1, -0.05) is 26.0 Å². The molecule has 3 N–H and O–H groups in total. The molecule has 1 aliphatic rings. The van der Waals surface area contributed by atoms with Crippen molar-refractivity contribution in [3.8, 4) is 5.75 Å². The minimum Gasteiger partial charge on any atom is -0.493 e. The van der Waals surface area contributed by atoms with Crippen molar-refractivity contribution in [3.05, 3.63) is 72.1 Å². The number of nitrogens with zero attached hydrogens (tertiary/aromatic N) is 3. The second-order valence-corrected chi connectivity index (χ2v) is 9.36. The summed E-state index contributed by atoms with van der Waals surface area (Å²) < 4.78 is 6.20. The van der Waals surface area contributed by atoms with Crippen LogP contribution in [0.15, 0.2) is 60.8 Å². The highest BCUT2D eigenvalue weighted by Crippen LogP contribution is 2.33. The van der Waals surface area contributed by atoms with E-state index in [2.05, 4.69) is 47.3 Å². The third-order valence-corrected chi connectivity index (χ3v) is 6.41. The normalized spacial score (nSPS) is 13.2. The smallest absolute Gasteiger partial charge is 0.136 e. The maximum Gasteiger partial charge on any atom is 0.136 e. The van der Waals surface area contributed by atoms with Crippen LogP contribution in [0.5, 0.6) is 5.75 Å². The van der Waals surface area contributed by atoms with Crippen molar-refractivity contribution in [3.63, 3.8) is 0 Å². The zero-order chi connectivity index (χ0) is 25.2. The highest BCUT2D eigenvalue weighted by molar-refractivity contribution is 5.79. The van der Waals surface area contributed by atoms with Crippen molar-refractivity contribution >= 4 is 28.6 Å². The van der Waals surface area contributed by atoms with Gasteiger partial charge in [-0.3, -0.25) is 4.98 Å². The van der Waals surface area contributed by atoms with E-state index in [0.29, 0.717) is 6.61 Å². The van der Waals surface area contributed by atoms with E-state index in [9.17, 15) is 0 Å². The van der Waals surface area contributed by atoms with E-state index in [-0.39, 0.29) is 0 Å². The van der Waals surface area contributed by atoms with E-state index >= 15 is 0 Å². The van der Waals surface area contributed by atoms with Gasteiger partial charge in [0.15, 0.2) is 0 Å². The zero-order valence-electron chi connectivity index (χ0n) is 21.7. The topological polar surface area (TPSA) is 76.3 Å². The van der Waals surface area contributed by atoms with E-state index in [4.69, 9.17) is 15.5 Å². The molecule has 0 radical (unpaired) electrons.